The molecule has 0 aliphatic carbocycles. The standard InChI is InChI=1S/C16H20ClFN4O3.C11H21NO6S.C10H18N4O3.C10H20N2O3.C8H8N4.C6HCl2FN2/c1-16(2,3)25-15(23)21-12-8-24-5-4-11(12)20-14-10(18)6-9(7-19)13(17)22-14;1-11(2,3)17-10(13)12-8-7-16-6-5-9(8)18-19(4,14)15;1-10(2,3)17-9(15)12-8-6-16-5-4-7(8)13-14-11;1-10(2,3)15-9(13)12-8-6-14-5-4-7(8)11;9-7-2-1-3-8(6-7)12-10-4-5-11-12;7-5-3(2-10)1-4(9)6(8)11-5/h6,11-12H,4-5,8H2,1-3H3,(H,20,22)(H,21,23);8-9H,5-7H2,1-4H3,(H,12,13);7-8H,4-6H2,1-3H3,(H,12,15);7-8H,4-6,11H2,1-3H3,(H,12,13);1-6H,9H2;1H/t11-,12+;8-,9-;2*7-,8+;;/m1011../s1. The molecule has 4 aliphatic rings. The number of nitrogens with one attached hydrogen (secondary N) is 5. The molecule has 7 heterocycles. The average Bonchev–Trinajstić information content (AvgIpc) is 1.14. The lowest BCUT2D eigenvalue weighted by Crippen LogP contribution is -2.54. The minimum absolute atomic E-state index is 0.0198. The SMILES string of the molecule is CC(C)(C)OC(=O)N[C@H]1COCC[C@@H]1OS(C)(=O)=O.CC(C)(C)OC(=O)N[C@H]1COCC[C@H]1N.CC(C)(C)OC(=O)N[C@H]1COCC[C@H]1N=[N+]=[N-].CC(C)(C)OC(=O)N[C@H]1COCC[C@H]1Nc1nc(Cl)c(C#N)cc1F.N#Cc1cc(F)c(Cl)nc1Cl.Nc1cccc(-n2nccn2)c1. The molecule has 32 nitrogen and oxygen atoms in total. The highest BCUT2D eigenvalue weighted by atomic mass is 35.5. The molecule has 0 saturated carbocycles. The van der Waals surface area contributed by atoms with Gasteiger partial charge in [0.15, 0.2) is 22.6 Å². The summed E-state index contributed by atoms with van der Waals surface area (Å²) in [6.45, 7) is 24.6. The number of benzene rings is 1. The molecular weight excluding hydrogens is 1390 g/mol. The van der Waals surface area contributed by atoms with Crippen LogP contribution < -0.4 is 38.1 Å². The Morgan fingerprint density at radius 3 is 1.56 bits per heavy atom. The van der Waals surface area contributed by atoms with E-state index >= 15 is 0 Å². The quantitative estimate of drug-likeness (QED) is 0.0148. The first-order chi connectivity index (χ1) is 46.1. The maximum atomic E-state index is 14.1. The van der Waals surface area contributed by atoms with Crippen LogP contribution in [0.2, 0.25) is 15.5 Å². The number of hydrogen-bond donors (Lipinski definition) is 7. The Labute approximate surface area is 589 Å². The second-order valence-electron chi connectivity index (χ2n) is 25.9. The monoisotopic (exact) mass is 1470 g/mol. The first kappa shape index (κ1) is 85.3. The molecule has 548 valence electrons. The third-order valence-corrected chi connectivity index (χ3v) is 14.0. The van der Waals surface area contributed by atoms with Gasteiger partial charge in [-0.3, -0.25) is 4.18 Å². The van der Waals surface area contributed by atoms with E-state index < -0.39 is 86.7 Å². The van der Waals surface area contributed by atoms with Crippen molar-refractivity contribution in [2.24, 2.45) is 10.8 Å². The Morgan fingerprint density at radius 1 is 0.636 bits per heavy atom. The van der Waals surface area contributed by atoms with Crippen molar-refractivity contribution in [3.05, 3.63) is 97.5 Å². The van der Waals surface area contributed by atoms with Crippen LogP contribution in [0, 0.1) is 34.3 Å². The molecule has 4 saturated heterocycles. The van der Waals surface area contributed by atoms with E-state index in [1.54, 1.807) is 86.8 Å². The molecule has 3 aromatic heterocycles. The summed E-state index contributed by atoms with van der Waals surface area (Å²) in [7, 11) is -3.58. The first-order valence-corrected chi connectivity index (χ1v) is 33.7. The molecule has 0 spiro atoms. The van der Waals surface area contributed by atoms with Crippen LogP contribution in [0.1, 0.15) is 120 Å². The number of azide groups is 1. The highest BCUT2D eigenvalue weighted by molar-refractivity contribution is 7.86. The second-order valence-corrected chi connectivity index (χ2v) is 28.6. The van der Waals surface area contributed by atoms with Gasteiger partial charge < -0.3 is 75.9 Å². The summed E-state index contributed by atoms with van der Waals surface area (Å²) in [5, 5.41) is 41.9. The molecule has 4 aromatic rings. The molecule has 8 rings (SSSR count). The zero-order valence-corrected chi connectivity index (χ0v) is 60.4. The number of halogens is 5. The maximum Gasteiger partial charge on any atom is 0.408 e. The molecule has 99 heavy (non-hydrogen) atoms. The van der Waals surface area contributed by atoms with Gasteiger partial charge in [0.1, 0.15) is 51.0 Å². The molecular formula is C61H88Cl3F2N17O15S. The van der Waals surface area contributed by atoms with Crippen molar-refractivity contribution in [2.45, 2.75) is 180 Å². The van der Waals surface area contributed by atoms with Crippen molar-refractivity contribution in [3.63, 3.8) is 0 Å². The van der Waals surface area contributed by atoms with E-state index in [1.807, 2.05) is 45.0 Å². The third kappa shape index (κ3) is 35.1. The number of rotatable bonds is 10. The summed E-state index contributed by atoms with van der Waals surface area (Å²) in [5.41, 5.74) is 19.1. The number of nitrogens with zero attached hydrogens (tertiary/aromatic N) is 10. The number of amides is 4. The second kappa shape index (κ2) is 40.4. The number of nitriles is 2. The van der Waals surface area contributed by atoms with E-state index in [1.165, 1.54) is 4.80 Å². The van der Waals surface area contributed by atoms with Crippen LogP contribution in [0.25, 0.3) is 16.1 Å². The number of ether oxygens (including phenoxy) is 8. The summed E-state index contributed by atoms with van der Waals surface area (Å²) in [4.78, 5) is 58.1. The van der Waals surface area contributed by atoms with Crippen molar-refractivity contribution >= 4 is 80.8 Å². The van der Waals surface area contributed by atoms with Gasteiger partial charge in [-0.05, 0) is 138 Å². The molecule has 0 bridgehead atoms. The topological polar surface area (TPSA) is 451 Å². The number of anilines is 2. The largest absolute Gasteiger partial charge is 0.444 e. The fraction of sp³-hybridized carbons (Fsp3) is 0.607. The Balaban J connectivity index is 0.000000315. The highest BCUT2D eigenvalue weighted by Crippen LogP contribution is 2.24. The van der Waals surface area contributed by atoms with Crippen molar-refractivity contribution in [1.29, 1.82) is 10.5 Å². The van der Waals surface area contributed by atoms with Gasteiger partial charge in [0.25, 0.3) is 10.1 Å². The van der Waals surface area contributed by atoms with Crippen LogP contribution in [-0.4, -0.2) is 188 Å². The fourth-order valence-corrected chi connectivity index (χ4v) is 9.62. The first-order valence-electron chi connectivity index (χ1n) is 30.7. The van der Waals surface area contributed by atoms with Crippen molar-refractivity contribution in [2.75, 3.05) is 70.2 Å². The van der Waals surface area contributed by atoms with Crippen LogP contribution in [0.15, 0.2) is 53.9 Å². The lowest BCUT2D eigenvalue weighted by molar-refractivity contribution is -0.00894. The number of hydrogen-bond acceptors (Lipinski definition) is 25. The molecule has 4 aliphatic heterocycles. The number of nitrogens with two attached hydrogens (primary N) is 2. The van der Waals surface area contributed by atoms with Crippen LogP contribution in [0.3, 0.4) is 0 Å². The molecule has 4 amide bonds. The molecule has 4 fully saturated rings. The summed E-state index contributed by atoms with van der Waals surface area (Å²) < 4.78 is 95.6. The number of alkyl carbamates (subject to hydrolysis) is 4. The summed E-state index contributed by atoms with van der Waals surface area (Å²) >= 11 is 16.5. The number of nitrogen functional groups attached to an aromatic ring is 1. The number of carbonyl (C=O) groups excluding carboxylic acids is 4. The van der Waals surface area contributed by atoms with Gasteiger partial charge in [-0.25, -0.2) is 37.9 Å². The minimum atomic E-state index is -3.58. The van der Waals surface area contributed by atoms with Crippen LogP contribution in [-0.2, 0) is 52.2 Å². The third-order valence-electron chi connectivity index (χ3n) is 12.6. The van der Waals surface area contributed by atoms with E-state index in [-0.39, 0.29) is 75.8 Å². The lowest BCUT2D eigenvalue weighted by atomic mass is 10.0. The normalized spacial score (nSPS) is 20.5. The average molecular weight is 1480 g/mol. The Bertz CT molecular complexity index is 3510. The van der Waals surface area contributed by atoms with Gasteiger partial charge >= 0.3 is 24.4 Å². The summed E-state index contributed by atoms with van der Waals surface area (Å²) in [6, 6.07) is 10.7. The highest BCUT2D eigenvalue weighted by Gasteiger charge is 2.34. The van der Waals surface area contributed by atoms with Crippen molar-refractivity contribution < 1.29 is 78.5 Å². The van der Waals surface area contributed by atoms with Gasteiger partial charge in [-0.15, -0.1) is 0 Å². The van der Waals surface area contributed by atoms with E-state index in [9.17, 15) is 36.4 Å². The summed E-state index contributed by atoms with van der Waals surface area (Å²) in [6.07, 6.45) is 3.74. The van der Waals surface area contributed by atoms with Crippen LogP contribution in [0.5, 0.6) is 0 Å². The van der Waals surface area contributed by atoms with E-state index in [0.29, 0.717) is 64.6 Å². The minimum Gasteiger partial charge on any atom is -0.444 e. The Morgan fingerprint density at radius 2 is 1.07 bits per heavy atom. The van der Waals surface area contributed by atoms with Gasteiger partial charge in [-0.2, -0.15) is 33.9 Å². The Kier molecular flexibility index (Phi) is 34.8. The molecule has 1 aromatic carbocycles. The molecule has 0 radical (unpaired) electrons. The van der Waals surface area contributed by atoms with E-state index in [4.69, 9.17) is 104 Å². The predicted octanol–water partition coefficient (Wildman–Crippen LogP) is 9.34. The molecule has 9 N–H and O–H groups in total. The molecule has 0 unspecified atom stereocenters. The van der Waals surface area contributed by atoms with Gasteiger partial charge in [-0.1, -0.05) is 46.0 Å². The lowest BCUT2D eigenvalue weighted by Gasteiger charge is -2.33. The van der Waals surface area contributed by atoms with Gasteiger partial charge in [0.2, 0.25) is 0 Å². The zero-order chi connectivity index (χ0) is 74.5. The van der Waals surface area contributed by atoms with Crippen LogP contribution >= 0.6 is 34.8 Å². The number of aromatic nitrogens is 5. The van der Waals surface area contributed by atoms with E-state index in [0.717, 1.165) is 30.5 Å². The Hall–Kier alpha value is -7.93. The maximum absolute atomic E-state index is 14.1. The van der Waals surface area contributed by atoms with Gasteiger partial charge in [0.05, 0.1) is 98.1 Å². The smallest absolute Gasteiger partial charge is 0.408 e. The van der Waals surface area contributed by atoms with E-state index in [2.05, 4.69) is 56.8 Å². The summed E-state index contributed by atoms with van der Waals surface area (Å²) in [5.74, 6) is -1.51. The van der Waals surface area contributed by atoms with Crippen molar-refractivity contribution in [1.82, 2.24) is 46.2 Å². The van der Waals surface area contributed by atoms with Crippen molar-refractivity contribution in [3.8, 4) is 17.8 Å². The number of pyridine rings is 2. The molecule has 38 heteroatoms. The fourth-order valence-electron chi connectivity index (χ4n) is 8.40. The predicted molar refractivity (Wildman–Crippen MR) is 361 cm³/mol. The molecule has 8 atom stereocenters. The zero-order valence-electron chi connectivity index (χ0n) is 57.3. The van der Waals surface area contributed by atoms with Crippen LogP contribution in [0.4, 0.5) is 39.5 Å². The van der Waals surface area contributed by atoms with Gasteiger partial charge in [0, 0.05) is 49.5 Å². The number of carbonyl (C=O) groups is 4.